The van der Waals surface area contributed by atoms with Gasteiger partial charge in [0.25, 0.3) is 5.91 Å². The number of carbonyl (C=O) groups is 2. The maximum atomic E-state index is 12.0. The van der Waals surface area contributed by atoms with E-state index in [0.29, 0.717) is 5.56 Å². The third-order valence-electron chi connectivity index (χ3n) is 2.87. The molecular formula is C14H19NO4. The second kappa shape index (κ2) is 5.30. The molecule has 0 aliphatic rings. The second-order valence-corrected chi connectivity index (χ2v) is 5.58. The third-order valence-corrected chi connectivity index (χ3v) is 2.87. The number of phenolic OH excluding ortho intramolecular Hbond substituents is 1. The van der Waals surface area contributed by atoms with E-state index in [2.05, 4.69) is 5.32 Å². The topological polar surface area (TPSA) is 86.6 Å². The van der Waals surface area contributed by atoms with E-state index in [1.165, 1.54) is 6.07 Å². The van der Waals surface area contributed by atoms with Crippen LogP contribution in [0.5, 0.6) is 5.75 Å². The third kappa shape index (κ3) is 3.47. The summed E-state index contributed by atoms with van der Waals surface area (Å²) < 4.78 is 0. The van der Waals surface area contributed by atoms with Crippen molar-refractivity contribution in [1.82, 2.24) is 5.32 Å². The van der Waals surface area contributed by atoms with E-state index < -0.39 is 23.3 Å². The Morgan fingerprint density at radius 2 is 1.84 bits per heavy atom. The normalized spacial score (nSPS) is 12.8. The van der Waals surface area contributed by atoms with Gasteiger partial charge in [-0.25, -0.2) is 4.79 Å². The van der Waals surface area contributed by atoms with Gasteiger partial charge in [0.05, 0.1) is 5.56 Å². The van der Waals surface area contributed by atoms with Crippen LogP contribution in [-0.4, -0.2) is 28.1 Å². The van der Waals surface area contributed by atoms with Crippen LogP contribution < -0.4 is 5.32 Å². The summed E-state index contributed by atoms with van der Waals surface area (Å²) in [6.45, 7) is 6.84. The number of carbonyl (C=O) groups excluding carboxylic acids is 1. The van der Waals surface area contributed by atoms with E-state index in [1.54, 1.807) is 39.8 Å². The summed E-state index contributed by atoms with van der Waals surface area (Å²) >= 11 is 0. The first-order valence-electron chi connectivity index (χ1n) is 5.97. The summed E-state index contributed by atoms with van der Waals surface area (Å²) in [5.41, 5.74) is 0.0202. The molecule has 0 aromatic heterocycles. The molecule has 1 aromatic rings. The lowest BCUT2D eigenvalue weighted by molar-refractivity contribution is -0.142. The van der Waals surface area contributed by atoms with Crippen LogP contribution >= 0.6 is 0 Å². The Labute approximate surface area is 112 Å². The minimum atomic E-state index is -1.10. The molecule has 1 atom stereocenters. The number of para-hydroxylation sites is 1. The van der Waals surface area contributed by atoms with E-state index in [9.17, 15) is 14.7 Å². The van der Waals surface area contributed by atoms with Crippen LogP contribution in [-0.2, 0) is 4.79 Å². The van der Waals surface area contributed by atoms with E-state index >= 15 is 0 Å². The Hall–Kier alpha value is -2.04. The number of aryl methyl sites for hydroxylation is 1. The first kappa shape index (κ1) is 15.0. The van der Waals surface area contributed by atoms with E-state index in [1.807, 2.05) is 0 Å². The van der Waals surface area contributed by atoms with Gasteiger partial charge in [-0.05, 0) is 24.0 Å². The SMILES string of the molecule is Cc1cccc(C(=O)N[C@@H](C(=O)O)C(C)(C)C)c1O. The van der Waals surface area contributed by atoms with Gasteiger partial charge in [-0.1, -0.05) is 32.9 Å². The van der Waals surface area contributed by atoms with Gasteiger partial charge < -0.3 is 15.5 Å². The van der Waals surface area contributed by atoms with E-state index in [-0.39, 0.29) is 11.3 Å². The van der Waals surface area contributed by atoms with Crippen molar-refractivity contribution in [2.75, 3.05) is 0 Å². The van der Waals surface area contributed by atoms with Gasteiger partial charge in [0.15, 0.2) is 0 Å². The van der Waals surface area contributed by atoms with Crippen molar-refractivity contribution < 1.29 is 19.8 Å². The summed E-state index contributed by atoms with van der Waals surface area (Å²) in [6.07, 6.45) is 0. The lowest BCUT2D eigenvalue weighted by Crippen LogP contribution is -2.49. The fourth-order valence-electron chi connectivity index (χ4n) is 1.70. The molecular weight excluding hydrogens is 246 g/mol. The lowest BCUT2D eigenvalue weighted by Gasteiger charge is -2.27. The zero-order chi connectivity index (χ0) is 14.8. The number of rotatable bonds is 3. The molecule has 0 unspecified atom stereocenters. The predicted molar refractivity (Wildman–Crippen MR) is 71.2 cm³/mol. The zero-order valence-corrected chi connectivity index (χ0v) is 11.5. The summed E-state index contributed by atoms with van der Waals surface area (Å²) in [6, 6.07) is 3.74. The molecule has 0 saturated carbocycles. The van der Waals surface area contributed by atoms with E-state index in [0.717, 1.165) is 0 Å². The number of nitrogens with one attached hydrogen (secondary N) is 1. The van der Waals surface area contributed by atoms with Crippen molar-refractivity contribution in [3.63, 3.8) is 0 Å². The molecule has 0 saturated heterocycles. The van der Waals surface area contributed by atoms with Gasteiger partial charge in [0, 0.05) is 0 Å². The summed E-state index contributed by atoms with van der Waals surface area (Å²) in [5, 5.41) is 21.4. The Morgan fingerprint density at radius 3 is 2.32 bits per heavy atom. The quantitative estimate of drug-likeness (QED) is 0.779. The van der Waals surface area contributed by atoms with Crippen LogP contribution in [0.2, 0.25) is 0 Å². The van der Waals surface area contributed by atoms with Crippen molar-refractivity contribution in [2.45, 2.75) is 33.7 Å². The molecule has 0 spiro atoms. The summed E-state index contributed by atoms with van der Waals surface area (Å²) in [5.74, 6) is -1.82. The number of aromatic hydroxyl groups is 1. The number of carboxylic acid groups (broad SMARTS) is 1. The standard InChI is InChI=1S/C14H19NO4/c1-8-6-5-7-9(10(8)16)12(17)15-11(13(18)19)14(2,3)4/h5-7,11,16H,1-4H3,(H,15,17)(H,18,19)/t11-/m0/s1. The van der Waals surface area contributed by atoms with Crippen LogP contribution in [0.3, 0.4) is 0 Å². The molecule has 19 heavy (non-hydrogen) atoms. The number of aliphatic carboxylic acids is 1. The molecule has 1 rings (SSSR count). The maximum Gasteiger partial charge on any atom is 0.326 e. The van der Waals surface area contributed by atoms with Gasteiger partial charge in [-0.2, -0.15) is 0 Å². The lowest BCUT2D eigenvalue weighted by atomic mass is 9.86. The summed E-state index contributed by atoms with van der Waals surface area (Å²) in [4.78, 5) is 23.2. The van der Waals surface area contributed by atoms with Gasteiger partial charge in [-0.3, -0.25) is 4.79 Å². The second-order valence-electron chi connectivity index (χ2n) is 5.58. The molecule has 0 bridgehead atoms. The van der Waals surface area contributed by atoms with Crippen LogP contribution in [0.4, 0.5) is 0 Å². The molecule has 3 N–H and O–H groups in total. The highest BCUT2D eigenvalue weighted by Gasteiger charge is 2.33. The van der Waals surface area contributed by atoms with Crippen molar-refractivity contribution in [1.29, 1.82) is 0 Å². The average molecular weight is 265 g/mol. The molecule has 5 nitrogen and oxygen atoms in total. The first-order valence-corrected chi connectivity index (χ1v) is 5.97. The van der Waals surface area contributed by atoms with Crippen LogP contribution in [0, 0.1) is 12.3 Å². The van der Waals surface area contributed by atoms with Crippen molar-refractivity contribution in [3.05, 3.63) is 29.3 Å². The Balaban J connectivity index is 3.02. The highest BCUT2D eigenvalue weighted by molar-refractivity contribution is 5.99. The highest BCUT2D eigenvalue weighted by Crippen LogP contribution is 2.23. The van der Waals surface area contributed by atoms with Gasteiger partial charge in [0.1, 0.15) is 11.8 Å². The van der Waals surface area contributed by atoms with Crippen molar-refractivity contribution >= 4 is 11.9 Å². The largest absolute Gasteiger partial charge is 0.507 e. The number of amides is 1. The molecule has 1 aromatic carbocycles. The first-order chi connectivity index (χ1) is 8.64. The molecule has 0 fully saturated rings. The smallest absolute Gasteiger partial charge is 0.326 e. The fourth-order valence-corrected chi connectivity index (χ4v) is 1.70. The maximum absolute atomic E-state index is 12.0. The monoisotopic (exact) mass is 265 g/mol. The number of hydrogen-bond acceptors (Lipinski definition) is 3. The molecule has 5 heteroatoms. The van der Waals surface area contributed by atoms with Gasteiger partial charge in [0.2, 0.25) is 0 Å². The molecule has 0 heterocycles. The minimum absolute atomic E-state index is 0.0792. The number of phenols is 1. The predicted octanol–water partition coefficient (Wildman–Crippen LogP) is 1.93. The average Bonchev–Trinajstić information content (AvgIpc) is 2.27. The Kier molecular flexibility index (Phi) is 4.19. The molecule has 0 radical (unpaired) electrons. The number of carboxylic acids is 1. The number of hydrogen-bond donors (Lipinski definition) is 3. The fraction of sp³-hybridized carbons (Fsp3) is 0.429. The number of benzene rings is 1. The van der Waals surface area contributed by atoms with Crippen LogP contribution in [0.1, 0.15) is 36.7 Å². The summed E-state index contributed by atoms with van der Waals surface area (Å²) in [7, 11) is 0. The molecule has 1 amide bonds. The Bertz CT molecular complexity index is 503. The zero-order valence-electron chi connectivity index (χ0n) is 11.5. The van der Waals surface area contributed by atoms with Crippen LogP contribution in [0.15, 0.2) is 18.2 Å². The van der Waals surface area contributed by atoms with Crippen molar-refractivity contribution in [3.8, 4) is 5.75 Å². The van der Waals surface area contributed by atoms with Gasteiger partial charge >= 0.3 is 5.97 Å². The van der Waals surface area contributed by atoms with Crippen LogP contribution in [0.25, 0.3) is 0 Å². The Morgan fingerprint density at radius 1 is 1.26 bits per heavy atom. The van der Waals surface area contributed by atoms with Gasteiger partial charge in [-0.15, -0.1) is 0 Å². The molecule has 0 aliphatic carbocycles. The van der Waals surface area contributed by atoms with Crippen molar-refractivity contribution in [2.24, 2.45) is 5.41 Å². The molecule has 104 valence electrons. The van der Waals surface area contributed by atoms with E-state index in [4.69, 9.17) is 5.11 Å². The minimum Gasteiger partial charge on any atom is -0.507 e. The molecule has 0 aliphatic heterocycles. The highest BCUT2D eigenvalue weighted by atomic mass is 16.4.